The fourth-order valence-corrected chi connectivity index (χ4v) is 3.79. The lowest BCUT2D eigenvalue weighted by molar-refractivity contribution is -0.132. The molecule has 0 unspecified atom stereocenters. The van der Waals surface area contributed by atoms with E-state index in [2.05, 4.69) is 15.6 Å². The molecule has 32 heavy (non-hydrogen) atoms. The first-order valence-corrected chi connectivity index (χ1v) is 10.6. The third-order valence-corrected chi connectivity index (χ3v) is 5.63. The average Bonchev–Trinajstić information content (AvgIpc) is 3.42. The summed E-state index contributed by atoms with van der Waals surface area (Å²) < 4.78 is 10.7. The molecule has 168 valence electrons. The van der Waals surface area contributed by atoms with Gasteiger partial charge in [-0.15, -0.1) is 0 Å². The number of pyridine rings is 1. The summed E-state index contributed by atoms with van der Waals surface area (Å²) in [6.45, 7) is 4.48. The van der Waals surface area contributed by atoms with Gasteiger partial charge in [-0.2, -0.15) is 0 Å². The molecule has 2 atom stereocenters. The van der Waals surface area contributed by atoms with Crippen LogP contribution in [0.25, 0.3) is 0 Å². The van der Waals surface area contributed by atoms with Gasteiger partial charge in [0.05, 0.1) is 5.92 Å². The van der Waals surface area contributed by atoms with E-state index in [4.69, 9.17) is 9.47 Å². The summed E-state index contributed by atoms with van der Waals surface area (Å²) >= 11 is 0. The first-order chi connectivity index (χ1) is 15.4. The van der Waals surface area contributed by atoms with Crippen LogP contribution in [0.5, 0.6) is 11.5 Å². The van der Waals surface area contributed by atoms with Crippen LogP contribution in [0.15, 0.2) is 42.7 Å². The number of rotatable bonds is 7. The summed E-state index contributed by atoms with van der Waals surface area (Å²) in [6, 6.07) is 8.20. The van der Waals surface area contributed by atoms with Gasteiger partial charge in [-0.05, 0) is 35.7 Å². The molecule has 0 radical (unpaired) electrons. The number of amides is 3. The molecule has 1 aromatic heterocycles. The third-order valence-electron chi connectivity index (χ3n) is 5.63. The lowest BCUT2D eigenvalue weighted by atomic mass is 10.0. The molecule has 1 aromatic carbocycles. The highest BCUT2D eigenvalue weighted by Crippen LogP contribution is 2.37. The molecule has 9 heteroatoms. The maximum Gasteiger partial charge on any atom is 0.243 e. The van der Waals surface area contributed by atoms with Crippen molar-refractivity contribution in [1.29, 1.82) is 0 Å². The van der Waals surface area contributed by atoms with Gasteiger partial charge in [-0.25, -0.2) is 0 Å². The smallest absolute Gasteiger partial charge is 0.243 e. The first-order valence-electron chi connectivity index (χ1n) is 10.6. The van der Waals surface area contributed by atoms with Crippen LogP contribution in [0.4, 0.5) is 5.69 Å². The Balaban J connectivity index is 1.37. The number of anilines is 1. The molecule has 1 saturated heterocycles. The summed E-state index contributed by atoms with van der Waals surface area (Å²) in [4.78, 5) is 43.8. The minimum Gasteiger partial charge on any atom is -0.454 e. The second-order valence-corrected chi connectivity index (χ2v) is 8.25. The van der Waals surface area contributed by atoms with Gasteiger partial charge in [-0.3, -0.25) is 19.4 Å². The quantitative estimate of drug-likeness (QED) is 0.680. The minimum atomic E-state index is -0.695. The van der Waals surface area contributed by atoms with Crippen molar-refractivity contribution in [3.8, 4) is 11.5 Å². The SMILES string of the molecule is CC(C)[C@H](NC(=O)[C@@H]1CC(=O)N(c2ccc3c(c2)OCO3)C1)C(=O)NCc1ccncc1. The Hall–Kier alpha value is -3.62. The molecule has 0 bridgehead atoms. The van der Waals surface area contributed by atoms with E-state index >= 15 is 0 Å². The van der Waals surface area contributed by atoms with Crippen molar-refractivity contribution in [3.63, 3.8) is 0 Å². The third kappa shape index (κ3) is 4.66. The Morgan fingerprint density at radius 3 is 2.66 bits per heavy atom. The van der Waals surface area contributed by atoms with E-state index in [1.807, 2.05) is 26.0 Å². The monoisotopic (exact) mass is 438 g/mol. The second kappa shape index (κ2) is 9.25. The number of hydrogen-bond donors (Lipinski definition) is 2. The van der Waals surface area contributed by atoms with Crippen LogP contribution in [-0.2, 0) is 20.9 Å². The molecule has 2 aliphatic rings. The van der Waals surface area contributed by atoms with Crippen molar-refractivity contribution >= 4 is 23.4 Å². The zero-order valence-electron chi connectivity index (χ0n) is 18.0. The fraction of sp³-hybridized carbons (Fsp3) is 0.391. The summed E-state index contributed by atoms with van der Waals surface area (Å²) in [7, 11) is 0. The molecule has 0 aliphatic carbocycles. The molecule has 2 aromatic rings. The first kappa shape index (κ1) is 21.6. The highest BCUT2D eigenvalue weighted by molar-refractivity contribution is 6.01. The largest absolute Gasteiger partial charge is 0.454 e. The average molecular weight is 438 g/mol. The number of nitrogens with one attached hydrogen (secondary N) is 2. The van der Waals surface area contributed by atoms with Crippen LogP contribution in [0.3, 0.4) is 0 Å². The van der Waals surface area contributed by atoms with E-state index in [9.17, 15) is 14.4 Å². The molecular formula is C23H26N4O5. The molecule has 0 saturated carbocycles. The van der Waals surface area contributed by atoms with Crippen LogP contribution in [-0.4, -0.2) is 42.1 Å². The van der Waals surface area contributed by atoms with Crippen molar-refractivity contribution < 1.29 is 23.9 Å². The van der Waals surface area contributed by atoms with Crippen molar-refractivity contribution in [2.45, 2.75) is 32.9 Å². The Kier molecular flexibility index (Phi) is 6.25. The molecular weight excluding hydrogens is 412 g/mol. The Bertz CT molecular complexity index is 1010. The molecule has 2 N–H and O–H groups in total. The highest BCUT2D eigenvalue weighted by atomic mass is 16.7. The van der Waals surface area contributed by atoms with E-state index < -0.39 is 12.0 Å². The topological polar surface area (TPSA) is 110 Å². The number of fused-ring (bicyclic) bond motifs is 1. The number of carbonyl (C=O) groups excluding carboxylic acids is 3. The standard InChI is InChI=1S/C23H26N4O5/c1-14(2)21(23(30)25-11-15-5-7-24-8-6-15)26-22(29)16-9-20(28)27(12-16)17-3-4-18-19(10-17)32-13-31-18/h3-8,10,14,16,21H,9,11-13H2,1-2H3,(H,25,30)(H,26,29)/t16-,21+/m1/s1. The molecule has 2 aliphatic heterocycles. The van der Waals surface area contributed by atoms with Gasteiger partial charge < -0.3 is 25.0 Å². The molecule has 9 nitrogen and oxygen atoms in total. The molecule has 4 rings (SSSR count). The predicted molar refractivity (Wildman–Crippen MR) is 116 cm³/mol. The summed E-state index contributed by atoms with van der Waals surface area (Å²) in [5.74, 6) is -0.157. The van der Waals surface area contributed by atoms with Crippen LogP contribution < -0.4 is 25.0 Å². The highest BCUT2D eigenvalue weighted by Gasteiger charge is 2.37. The molecule has 3 heterocycles. The molecule has 0 spiro atoms. The maximum atomic E-state index is 12.9. The summed E-state index contributed by atoms with van der Waals surface area (Å²) in [6.07, 6.45) is 3.40. The Labute approximate surface area is 186 Å². The number of aromatic nitrogens is 1. The lowest BCUT2D eigenvalue weighted by Crippen LogP contribution is -2.51. The van der Waals surface area contributed by atoms with E-state index in [1.165, 1.54) is 0 Å². The lowest BCUT2D eigenvalue weighted by Gasteiger charge is -2.23. The Morgan fingerprint density at radius 1 is 1.16 bits per heavy atom. The van der Waals surface area contributed by atoms with Crippen molar-refractivity contribution in [2.75, 3.05) is 18.2 Å². The normalized spacial score (nSPS) is 18.0. The molecule has 3 amide bonds. The van der Waals surface area contributed by atoms with Gasteiger partial charge in [0.1, 0.15) is 6.04 Å². The number of ether oxygens (including phenoxy) is 2. The van der Waals surface area contributed by atoms with E-state index in [0.717, 1.165) is 5.56 Å². The van der Waals surface area contributed by atoms with Crippen LogP contribution >= 0.6 is 0 Å². The van der Waals surface area contributed by atoms with Gasteiger partial charge in [-0.1, -0.05) is 13.8 Å². The number of nitrogens with zero attached hydrogens (tertiary/aromatic N) is 2. The predicted octanol–water partition coefficient (Wildman–Crippen LogP) is 1.62. The second-order valence-electron chi connectivity index (χ2n) is 8.25. The zero-order chi connectivity index (χ0) is 22.7. The fourth-order valence-electron chi connectivity index (χ4n) is 3.79. The van der Waals surface area contributed by atoms with E-state index in [-0.39, 0.29) is 43.4 Å². The van der Waals surface area contributed by atoms with Crippen molar-refractivity contribution in [1.82, 2.24) is 15.6 Å². The van der Waals surface area contributed by atoms with Gasteiger partial charge in [0, 0.05) is 43.7 Å². The Morgan fingerprint density at radius 2 is 1.91 bits per heavy atom. The van der Waals surface area contributed by atoms with Gasteiger partial charge in [0.15, 0.2) is 11.5 Å². The van der Waals surface area contributed by atoms with Crippen LogP contribution in [0.2, 0.25) is 0 Å². The summed E-state index contributed by atoms with van der Waals surface area (Å²) in [5.41, 5.74) is 1.58. The van der Waals surface area contributed by atoms with Crippen LogP contribution in [0, 0.1) is 11.8 Å². The van der Waals surface area contributed by atoms with E-state index in [0.29, 0.717) is 23.7 Å². The van der Waals surface area contributed by atoms with Crippen molar-refractivity contribution in [2.24, 2.45) is 11.8 Å². The number of benzene rings is 1. The van der Waals surface area contributed by atoms with Gasteiger partial charge in [0.2, 0.25) is 24.5 Å². The van der Waals surface area contributed by atoms with Crippen molar-refractivity contribution in [3.05, 3.63) is 48.3 Å². The van der Waals surface area contributed by atoms with Gasteiger partial charge >= 0.3 is 0 Å². The molecule has 1 fully saturated rings. The summed E-state index contributed by atoms with van der Waals surface area (Å²) in [5, 5.41) is 5.70. The number of hydrogen-bond acceptors (Lipinski definition) is 6. The van der Waals surface area contributed by atoms with E-state index in [1.54, 1.807) is 35.5 Å². The number of carbonyl (C=O) groups is 3. The van der Waals surface area contributed by atoms with Crippen LogP contribution in [0.1, 0.15) is 25.8 Å². The maximum absolute atomic E-state index is 12.9. The van der Waals surface area contributed by atoms with Gasteiger partial charge in [0.25, 0.3) is 0 Å². The zero-order valence-corrected chi connectivity index (χ0v) is 18.0. The minimum absolute atomic E-state index is 0.0870.